The minimum atomic E-state index is -4.04. The van der Waals surface area contributed by atoms with E-state index in [0.29, 0.717) is 19.3 Å². The van der Waals surface area contributed by atoms with Gasteiger partial charge in [-0.2, -0.15) is 8.78 Å². The number of halogens is 2. The Kier molecular flexibility index (Phi) is 4.21. The number of esters is 2. The van der Waals surface area contributed by atoms with Gasteiger partial charge in [0.25, 0.3) is 0 Å². The van der Waals surface area contributed by atoms with Gasteiger partial charge in [-0.1, -0.05) is 5.04 Å². The second-order valence-electron chi connectivity index (χ2n) is 8.21. The third-order valence-electron chi connectivity index (χ3n) is 6.59. The van der Waals surface area contributed by atoms with Gasteiger partial charge in [0.1, 0.15) is 30.4 Å². The lowest BCUT2D eigenvalue weighted by molar-refractivity contribution is -0.433. The smallest absolute Gasteiger partial charge is 0.415 e. The molecule has 2 heterocycles. The van der Waals surface area contributed by atoms with E-state index in [1.165, 1.54) is 0 Å². The first kappa shape index (κ1) is 18.9. The number of ether oxygens (including phenoxy) is 4. The highest BCUT2D eigenvalue weighted by molar-refractivity contribution is 7.96. The monoisotopic (exact) mass is 424 g/mol. The van der Waals surface area contributed by atoms with Crippen LogP contribution in [0.4, 0.5) is 8.78 Å². The van der Waals surface area contributed by atoms with Gasteiger partial charge in [0.05, 0.1) is 0 Å². The summed E-state index contributed by atoms with van der Waals surface area (Å²) in [6.07, 6.45) is 1.44. The van der Waals surface area contributed by atoms with Gasteiger partial charge in [-0.3, -0.25) is 0 Å². The summed E-state index contributed by atoms with van der Waals surface area (Å²) in [5.74, 6) is -3.27. The van der Waals surface area contributed by atoms with Crippen LogP contribution < -0.4 is 0 Å². The molecule has 6 fully saturated rings. The van der Waals surface area contributed by atoms with Crippen molar-refractivity contribution >= 4 is 24.0 Å². The minimum absolute atomic E-state index is 0.143. The molecule has 4 atom stereocenters. The van der Waals surface area contributed by atoms with Gasteiger partial charge >= 0.3 is 17.2 Å². The molecule has 6 rings (SSSR count). The molecule has 4 aliphatic carbocycles. The Hall–Kier alpha value is -1.05. The highest BCUT2D eigenvalue weighted by Gasteiger charge is 2.71. The standard InChI is InChI=1S/C16H18F2O9S/c17-16(18,28-27-26-21)13(20)25-14-3-7-1-8(4-14)15(9(2-7)5-14)23-10-6-22-12(19)11(10)24-15/h7-11,21H,1-6H2. The Balaban J connectivity index is 1.34. The van der Waals surface area contributed by atoms with Crippen molar-refractivity contribution in [1.82, 2.24) is 0 Å². The molecular weight excluding hydrogens is 406 g/mol. The van der Waals surface area contributed by atoms with Crippen molar-refractivity contribution in [3.05, 3.63) is 0 Å². The van der Waals surface area contributed by atoms with E-state index in [4.69, 9.17) is 24.2 Å². The van der Waals surface area contributed by atoms with E-state index in [2.05, 4.69) is 9.37 Å². The molecule has 0 radical (unpaired) electrons. The van der Waals surface area contributed by atoms with Crippen molar-refractivity contribution in [2.24, 2.45) is 17.8 Å². The average Bonchev–Trinajstić information content (AvgIpc) is 3.17. The van der Waals surface area contributed by atoms with E-state index in [0.717, 1.165) is 12.8 Å². The molecule has 4 bridgehead atoms. The van der Waals surface area contributed by atoms with Crippen molar-refractivity contribution < 1.29 is 51.9 Å². The van der Waals surface area contributed by atoms with Gasteiger partial charge < -0.3 is 18.9 Å². The number of fused-ring (bicyclic) bond motifs is 1. The zero-order valence-corrected chi connectivity index (χ0v) is 15.3. The van der Waals surface area contributed by atoms with Crippen LogP contribution in [-0.4, -0.2) is 52.7 Å². The highest BCUT2D eigenvalue weighted by atomic mass is 32.2. The van der Waals surface area contributed by atoms with Gasteiger partial charge in [-0.05, 0) is 38.0 Å². The maximum absolute atomic E-state index is 13.9. The molecule has 4 saturated carbocycles. The summed E-state index contributed by atoms with van der Waals surface area (Å²) >= 11 is -0.635. The summed E-state index contributed by atoms with van der Waals surface area (Å²) in [6, 6.07) is 0. The summed E-state index contributed by atoms with van der Waals surface area (Å²) in [6.45, 7) is 0.143. The van der Waals surface area contributed by atoms with Crippen molar-refractivity contribution in [2.75, 3.05) is 6.61 Å². The fraction of sp³-hybridized carbons (Fsp3) is 0.875. The molecule has 0 aromatic heterocycles. The third-order valence-corrected chi connectivity index (χ3v) is 7.10. The molecule has 0 aromatic carbocycles. The summed E-state index contributed by atoms with van der Waals surface area (Å²) in [7, 11) is 0. The van der Waals surface area contributed by atoms with Crippen LogP contribution in [-0.2, 0) is 37.9 Å². The van der Waals surface area contributed by atoms with Crippen molar-refractivity contribution in [1.29, 1.82) is 0 Å². The number of cyclic esters (lactones) is 1. The van der Waals surface area contributed by atoms with E-state index >= 15 is 0 Å². The normalized spacial score (nSPS) is 46.1. The van der Waals surface area contributed by atoms with E-state index in [1.807, 2.05) is 0 Å². The lowest BCUT2D eigenvalue weighted by Crippen LogP contribution is -2.65. The Bertz CT molecular complexity index is 688. The predicted octanol–water partition coefficient (Wildman–Crippen LogP) is 1.81. The molecule has 1 N–H and O–H groups in total. The topological polar surface area (TPSA) is 110 Å². The molecule has 4 unspecified atom stereocenters. The molecule has 0 amide bonds. The summed E-state index contributed by atoms with van der Waals surface area (Å²) in [4.78, 5) is 23.9. The zero-order valence-electron chi connectivity index (χ0n) is 14.5. The van der Waals surface area contributed by atoms with Crippen LogP contribution in [0.1, 0.15) is 32.1 Å². The molecule has 6 aliphatic rings. The van der Waals surface area contributed by atoms with Gasteiger partial charge in [-0.25, -0.2) is 14.8 Å². The van der Waals surface area contributed by atoms with Crippen molar-refractivity contribution in [3.63, 3.8) is 0 Å². The molecule has 28 heavy (non-hydrogen) atoms. The van der Waals surface area contributed by atoms with Crippen LogP contribution in [0.25, 0.3) is 0 Å². The quantitative estimate of drug-likeness (QED) is 0.304. The molecule has 9 nitrogen and oxygen atoms in total. The maximum atomic E-state index is 13.9. The average molecular weight is 424 g/mol. The molecule has 2 aliphatic heterocycles. The van der Waals surface area contributed by atoms with Gasteiger partial charge in [0.2, 0.25) is 0 Å². The van der Waals surface area contributed by atoms with Crippen LogP contribution in [0.3, 0.4) is 0 Å². The van der Waals surface area contributed by atoms with Crippen LogP contribution in [0, 0.1) is 17.8 Å². The Morgan fingerprint density at radius 1 is 1.21 bits per heavy atom. The minimum Gasteiger partial charge on any atom is -0.461 e. The van der Waals surface area contributed by atoms with Crippen LogP contribution in [0.15, 0.2) is 0 Å². The second kappa shape index (κ2) is 6.22. The SMILES string of the molecule is O=C1OCC2OC3(OC12)C1CC2CC3CC(OC(=O)C(F)(F)SOOO)(C2)C1. The number of alkyl halides is 2. The summed E-state index contributed by atoms with van der Waals surface area (Å²) < 4.78 is 53.9. The fourth-order valence-electron chi connectivity index (χ4n) is 5.88. The van der Waals surface area contributed by atoms with Crippen LogP contribution >= 0.6 is 12.0 Å². The number of hydrogen-bond acceptors (Lipinski definition) is 10. The molecular formula is C16H18F2O9S. The largest absolute Gasteiger partial charge is 0.461 e. The third kappa shape index (κ3) is 2.69. The molecule has 2 saturated heterocycles. The summed E-state index contributed by atoms with van der Waals surface area (Å²) in [5.41, 5.74) is -1.03. The predicted molar refractivity (Wildman–Crippen MR) is 83.2 cm³/mol. The first-order chi connectivity index (χ1) is 13.3. The van der Waals surface area contributed by atoms with Crippen molar-refractivity contribution in [2.45, 2.75) is 61.0 Å². The van der Waals surface area contributed by atoms with Crippen LogP contribution in [0.5, 0.6) is 0 Å². The van der Waals surface area contributed by atoms with Crippen molar-refractivity contribution in [3.8, 4) is 0 Å². The van der Waals surface area contributed by atoms with E-state index in [-0.39, 0.29) is 24.4 Å². The van der Waals surface area contributed by atoms with Crippen LogP contribution in [0.2, 0.25) is 0 Å². The molecule has 1 spiro atoms. The fourth-order valence-corrected chi connectivity index (χ4v) is 6.11. The first-order valence-electron chi connectivity index (χ1n) is 9.06. The number of rotatable bonds is 5. The first-order valence-corrected chi connectivity index (χ1v) is 9.80. The van der Waals surface area contributed by atoms with Gasteiger partial charge in [0, 0.05) is 11.8 Å². The van der Waals surface area contributed by atoms with Gasteiger partial charge in [-0.15, -0.1) is 4.33 Å². The second-order valence-corrected chi connectivity index (χ2v) is 9.02. The van der Waals surface area contributed by atoms with E-state index in [1.54, 1.807) is 0 Å². The molecule has 12 heteroatoms. The van der Waals surface area contributed by atoms with Gasteiger partial charge in [0.15, 0.2) is 11.9 Å². The highest BCUT2D eigenvalue weighted by Crippen LogP contribution is 2.65. The summed E-state index contributed by atoms with van der Waals surface area (Å²) in [5, 5.41) is 7.13. The zero-order chi connectivity index (χ0) is 19.7. The lowest BCUT2D eigenvalue weighted by atomic mass is 9.51. The lowest BCUT2D eigenvalue weighted by Gasteiger charge is -2.62. The van der Waals surface area contributed by atoms with E-state index in [9.17, 15) is 18.4 Å². The number of carbonyl (C=O) groups excluding carboxylic acids is 2. The number of carbonyl (C=O) groups is 2. The Labute approximate surface area is 162 Å². The van der Waals surface area contributed by atoms with E-state index < -0.39 is 52.8 Å². The number of hydrogen-bond donors (Lipinski definition) is 1. The maximum Gasteiger partial charge on any atom is 0.415 e. The Morgan fingerprint density at radius 3 is 2.57 bits per heavy atom. The molecule has 0 aromatic rings. The molecule has 156 valence electrons. The Morgan fingerprint density at radius 2 is 1.93 bits per heavy atom.